The van der Waals surface area contributed by atoms with Crippen molar-refractivity contribution < 1.29 is 27.4 Å². The zero-order valence-electron chi connectivity index (χ0n) is 23.1. The molecule has 3 rings (SSSR count). The van der Waals surface area contributed by atoms with Crippen LogP contribution in [0.1, 0.15) is 43.2 Å². The third-order valence-electron chi connectivity index (χ3n) is 5.93. The van der Waals surface area contributed by atoms with E-state index in [4.69, 9.17) is 9.47 Å². The highest BCUT2D eigenvalue weighted by Crippen LogP contribution is 2.37. The summed E-state index contributed by atoms with van der Waals surface area (Å²) in [5.74, 6) is 0.137. The molecule has 1 heterocycles. The van der Waals surface area contributed by atoms with Crippen LogP contribution in [0.2, 0.25) is 0 Å². The molecule has 0 N–H and O–H groups in total. The van der Waals surface area contributed by atoms with Gasteiger partial charge in [0, 0.05) is 23.6 Å². The van der Waals surface area contributed by atoms with Gasteiger partial charge in [-0.3, -0.25) is 0 Å². The molecule has 0 saturated carbocycles. The second-order valence-electron chi connectivity index (χ2n) is 9.67. The first-order valence-electron chi connectivity index (χ1n) is 12.6. The fourth-order valence-corrected chi connectivity index (χ4v) is 5.30. The van der Waals surface area contributed by atoms with E-state index in [1.807, 2.05) is 38.1 Å². The number of hydrogen-bond donors (Lipinski definition) is 1. The maximum absolute atomic E-state index is 13.0. The molecular formula is C30H33F3N2O3S2. The van der Waals surface area contributed by atoms with Crippen molar-refractivity contribution in [1.82, 2.24) is 4.98 Å². The van der Waals surface area contributed by atoms with Crippen LogP contribution in [0.3, 0.4) is 0 Å². The molecule has 0 aliphatic heterocycles. The average molecular weight is 591 g/mol. The zero-order valence-corrected chi connectivity index (χ0v) is 24.8. The van der Waals surface area contributed by atoms with Crippen LogP contribution in [-0.2, 0) is 22.3 Å². The van der Waals surface area contributed by atoms with Crippen LogP contribution in [0.15, 0.2) is 66.1 Å². The summed E-state index contributed by atoms with van der Waals surface area (Å²) in [5.41, 5.74) is 1.37. The zero-order chi connectivity index (χ0) is 29.7. The summed E-state index contributed by atoms with van der Waals surface area (Å²) in [5, 5.41) is 1.50. The van der Waals surface area contributed by atoms with Gasteiger partial charge in [0.15, 0.2) is 5.60 Å². The van der Waals surface area contributed by atoms with Crippen molar-refractivity contribution in [2.45, 2.75) is 52.9 Å². The summed E-state index contributed by atoms with van der Waals surface area (Å²) in [6, 6.07) is 10.8. The summed E-state index contributed by atoms with van der Waals surface area (Å²) in [6.45, 7) is 13.9. The molecule has 0 aliphatic rings. The van der Waals surface area contributed by atoms with Crippen molar-refractivity contribution in [3.05, 3.63) is 88.5 Å². The van der Waals surface area contributed by atoms with Crippen LogP contribution in [0.25, 0.3) is 10.6 Å². The van der Waals surface area contributed by atoms with Gasteiger partial charge in [-0.1, -0.05) is 54.3 Å². The molecule has 214 valence electrons. The number of nitrogens with zero attached hydrogens (tertiary/aromatic N) is 2. The van der Waals surface area contributed by atoms with E-state index in [0.717, 1.165) is 38.9 Å². The molecular weight excluding hydrogens is 557 g/mol. The molecule has 0 radical (unpaired) electrons. The number of halogens is 3. The number of carbonyl (C=O) groups is 1. The number of anilines is 1. The number of ether oxygens (including phenoxy) is 2. The Balaban J connectivity index is 1.90. The Kier molecular flexibility index (Phi) is 10.1. The highest BCUT2D eigenvalue weighted by Gasteiger charge is 2.32. The van der Waals surface area contributed by atoms with Crippen molar-refractivity contribution in [2.75, 3.05) is 18.1 Å². The maximum atomic E-state index is 13.0. The molecule has 0 unspecified atom stereocenters. The number of aromatic nitrogens is 1. The molecule has 0 saturated heterocycles. The van der Waals surface area contributed by atoms with Gasteiger partial charge in [-0.15, -0.1) is 12.6 Å². The minimum absolute atomic E-state index is 0.268. The molecule has 2 aromatic carbocycles. The molecule has 10 heteroatoms. The predicted molar refractivity (Wildman–Crippen MR) is 158 cm³/mol. The number of esters is 1. The van der Waals surface area contributed by atoms with E-state index in [1.165, 1.54) is 23.5 Å². The minimum Gasteiger partial charge on any atom is -0.476 e. The van der Waals surface area contributed by atoms with E-state index < -0.39 is 23.3 Å². The molecule has 1 aromatic heterocycles. The smallest absolute Gasteiger partial charge is 0.416 e. The summed E-state index contributed by atoms with van der Waals surface area (Å²) < 4.78 is 50.2. The Morgan fingerprint density at radius 3 is 2.40 bits per heavy atom. The first-order valence-corrected chi connectivity index (χ1v) is 13.9. The lowest BCUT2D eigenvalue weighted by Crippen LogP contribution is -2.39. The van der Waals surface area contributed by atoms with Gasteiger partial charge >= 0.3 is 12.1 Å². The van der Waals surface area contributed by atoms with Gasteiger partial charge in [-0.05, 0) is 63.9 Å². The molecule has 5 nitrogen and oxygen atoms in total. The minimum atomic E-state index is -4.40. The van der Waals surface area contributed by atoms with Gasteiger partial charge in [0.1, 0.15) is 15.8 Å². The SMILES string of the molecule is C=C/C=C(\S)CN(Cc1ccc(OC(C)(C)C(=O)OCC)c(C)c1)c1sc(-c2ccc(C(F)(F)F)cc2)nc1C. The number of thiol groups is 1. The number of hydrogen-bond acceptors (Lipinski definition) is 7. The Labute approximate surface area is 242 Å². The monoisotopic (exact) mass is 590 g/mol. The number of alkyl halides is 3. The highest BCUT2D eigenvalue weighted by atomic mass is 32.1. The quantitative estimate of drug-likeness (QED) is 0.139. The predicted octanol–water partition coefficient (Wildman–Crippen LogP) is 8.17. The largest absolute Gasteiger partial charge is 0.476 e. The maximum Gasteiger partial charge on any atom is 0.416 e. The third kappa shape index (κ3) is 7.91. The van der Waals surface area contributed by atoms with Gasteiger partial charge < -0.3 is 14.4 Å². The molecule has 0 spiro atoms. The van der Waals surface area contributed by atoms with Crippen LogP contribution >= 0.6 is 24.0 Å². The third-order valence-corrected chi connectivity index (χ3v) is 7.48. The molecule has 40 heavy (non-hydrogen) atoms. The lowest BCUT2D eigenvalue weighted by molar-refractivity contribution is -0.158. The number of benzene rings is 2. The molecule has 0 atom stereocenters. The van der Waals surface area contributed by atoms with Crippen molar-refractivity contribution in [2.24, 2.45) is 0 Å². The molecule has 0 bridgehead atoms. The van der Waals surface area contributed by atoms with Gasteiger partial charge in [-0.2, -0.15) is 13.2 Å². The van der Waals surface area contributed by atoms with Crippen molar-refractivity contribution >= 4 is 34.9 Å². The van der Waals surface area contributed by atoms with Crippen molar-refractivity contribution in [1.29, 1.82) is 0 Å². The topological polar surface area (TPSA) is 51.7 Å². The second kappa shape index (κ2) is 13.0. The van der Waals surface area contributed by atoms with E-state index in [0.29, 0.717) is 29.4 Å². The highest BCUT2D eigenvalue weighted by molar-refractivity contribution is 7.84. The molecule has 0 aliphatic carbocycles. The Morgan fingerprint density at radius 2 is 1.82 bits per heavy atom. The van der Waals surface area contributed by atoms with Gasteiger partial charge in [0.05, 0.1) is 17.9 Å². The molecule has 3 aromatic rings. The first-order chi connectivity index (χ1) is 18.7. The molecule has 0 amide bonds. The van der Waals surface area contributed by atoms with E-state index in [-0.39, 0.29) is 6.61 Å². The lowest BCUT2D eigenvalue weighted by Gasteiger charge is -2.26. The standard InChI is InChI=1S/C30H33F3N2O3S2/c1-7-9-24(39)18-35(17-21-10-15-25(19(3)16-21)38-29(5,6)28(36)37-8-2)27-20(4)34-26(40-27)22-11-13-23(14-12-22)30(31,32)33/h7,9-16,39H,1,8,17-18H2,2-6H3/b24-9-. The molecule has 0 fully saturated rings. The van der Waals surface area contributed by atoms with Gasteiger partial charge in [0.25, 0.3) is 0 Å². The van der Waals surface area contributed by atoms with E-state index >= 15 is 0 Å². The Morgan fingerprint density at radius 1 is 1.15 bits per heavy atom. The van der Waals surface area contributed by atoms with Crippen LogP contribution in [0.5, 0.6) is 5.75 Å². The van der Waals surface area contributed by atoms with Crippen LogP contribution in [0.4, 0.5) is 18.2 Å². The summed E-state index contributed by atoms with van der Waals surface area (Å²) >= 11 is 6.00. The fraction of sp³-hybridized carbons (Fsp3) is 0.333. The number of allylic oxidation sites excluding steroid dienone is 2. The summed E-state index contributed by atoms with van der Waals surface area (Å²) in [6.07, 6.45) is -0.925. The lowest BCUT2D eigenvalue weighted by atomic mass is 10.1. The average Bonchev–Trinajstić information content (AvgIpc) is 3.26. The van der Waals surface area contributed by atoms with Crippen LogP contribution in [0, 0.1) is 13.8 Å². The Hall–Kier alpha value is -3.24. The van der Waals surface area contributed by atoms with Gasteiger partial charge in [0.2, 0.25) is 0 Å². The normalized spacial score (nSPS) is 12.3. The summed E-state index contributed by atoms with van der Waals surface area (Å²) in [4.78, 5) is 19.8. The fourth-order valence-electron chi connectivity index (χ4n) is 3.96. The first kappa shape index (κ1) is 31.3. The number of rotatable bonds is 11. The number of aryl methyl sites for hydroxylation is 2. The summed E-state index contributed by atoms with van der Waals surface area (Å²) in [7, 11) is 0. The van der Waals surface area contributed by atoms with Gasteiger partial charge in [-0.25, -0.2) is 9.78 Å². The van der Waals surface area contributed by atoms with Crippen molar-refractivity contribution in [3.8, 4) is 16.3 Å². The number of thiazole rings is 1. The second-order valence-corrected chi connectivity index (χ2v) is 11.2. The van der Waals surface area contributed by atoms with E-state index in [1.54, 1.807) is 26.8 Å². The van der Waals surface area contributed by atoms with Crippen LogP contribution in [-0.4, -0.2) is 29.7 Å². The van der Waals surface area contributed by atoms with Crippen LogP contribution < -0.4 is 9.64 Å². The Bertz CT molecular complexity index is 1380. The van der Waals surface area contributed by atoms with Crippen molar-refractivity contribution in [3.63, 3.8) is 0 Å². The van der Waals surface area contributed by atoms with E-state index in [9.17, 15) is 18.0 Å². The van der Waals surface area contributed by atoms with E-state index in [2.05, 4.69) is 29.1 Å². The number of carbonyl (C=O) groups excluding carboxylic acids is 1.